The molecule has 1 aromatic carbocycles. The monoisotopic (exact) mass is 303 g/mol. The number of hydrogen-bond donors (Lipinski definition) is 1. The van der Waals surface area contributed by atoms with Crippen LogP contribution in [0.2, 0.25) is 0 Å². The van der Waals surface area contributed by atoms with Crippen LogP contribution >= 0.6 is 0 Å². The Hall–Kier alpha value is -1.56. The molecule has 4 rings (SSSR count). The average molecular weight is 303 g/mol. The van der Waals surface area contributed by atoms with Gasteiger partial charge in [-0.2, -0.15) is 0 Å². The van der Waals surface area contributed by atoms with Crippen LogP contribution in [0.15, 0.2) is 24.3 Å². The molecule has 22 heavy (non-hydrogen) atoms. The van der Waals surface area contributed by atoms with E-state index in [0.717, 1.165) is 23.3 Å². The van der Waals surface area contributed by atoms with E-state index >= 15 is 0 Å². The second-order valence-electron chi connectivity index (χ2n) is 6.87. The lowest BCUT2D eigenvalue weighted by atomic mass is 9.69. The van der Waals surface area contributed by atoms with Crippen LogP contribution in [0.1, 0.15) is 24.0 Å². The summed E-state index contributed by atoms with van der Waals surface area (Å²) < 4.78 is 11.4. The number of quaternary nitrogens is 1. The first-order chi connectivity index (χ1) is 10.5. The molecular formula is C17H21NO4. The zero-order valence-corrected chi connectivity index (χ0v) is 12.9. The predicted molar refractivity (Wildman–Crippen MR) is 81.6 cm³/mol. The van der Waals surface area contributed by atoms with Crippen molar-refractivity contribution in [1.29, 1.82) is 0 Å². The minimum Gasteiger partial charge on any atom is -0.633 e. The van der Waals surface area contributed by atoms with E-state index in [1.807, 2.05) is 18.2 Å². The normalized spacial score (nSPS) is 38.7. The van der Waals surface area contributed by atoms with Crippen molar-refractivity contribution in [2.75, 3.05) is 20.7 Å². The van der Waals surface area contributed by atoms with Crippen LogP contribution in [0.4, 0.5) is 0 Å². The maximum Gasteiger partial charge on any atom is 0.166 e. The number of hydroxylamine groups is 3. The van der Waals surface area contributed by atoms with Gasteiger partial charge >= 0.3 is 0 Å². The van der Waals surface area contributed by atoms with Crippen molar-refractivity contribution in [2.45, 2.75) is 37.0 Å². The van der Waals surface area contributed by atoms with Gasteiger partial charge in [0.05, 0.1) is 32.2 Å². The molecule has 0 bridgehead atoms. The molecule has 0 aromatic heterocycles. The molecule has 2 aliphatic heterocycles. The molecule has 1 N–H and O–H groups in total. The van der Waals surface area contributed by atoms with Crippen LogP contribution in [0.25, 0.3) is 0 Å². The summed E-state index contributed by atoms with van der Waals surface area (Å²) in [7, 11) is 3.36. The van der Waals surface area contributed by atoms with Gasteiger partial charge in [0, 0.05) is 24.0 Å². The molecule has 1 spiro atoms. The van der Waals surface area contributed by atoms with E-state index in [-0.39, 0.29) is 16.2 Å². The van der Waals surface area contributed by atoms with Crippen molar-refractivity contribution < 1.29 is 19.2 Å². The van der Waals surface area contributed by atoms with E-state index < -0.39 is 6.10 Å². The van der Waals surface area contributed by atoms with E-state index in [1.54, 1.807) is 14.2 Å². The molecule has 0 fully saturated rings. The molecule has 2 heterocycles. The summed E-state index contributed by atoms with van der Waals surface area (Å²) in [5, 5.41) is 22.6. The smallest absolute Gasteiger partial charge is 0.166 e. The predicted octanol–water partition coefficient (Wildman–Crippen LogP) is 1.86. The third-order valence-electron chi connectivity index (χ3n) is 5.30. The van der Waals surface area contributed by atoms with E-state index in [0.29, 0.717) is 25.3 Å². The first-order valence-electron chi connectivity index (χ1n) is 7.75. The van der Waals surface area contributed by atoms with Gasteiger partial charge in [0.15, 0.2) is 11.5 Å². The highest BCUT2D eigenvalue weighted by Gasteiger charge is 2.53. The number of benzene rings is 1. The van der Waals surface area contributed by atoms with Gasteiger partial charge in [-0.15, -0.1) is 0 Å². The second kappa shape index (κ2) is 4.47. The van der Waals surface area contributed by atoms with Gasteiger partial charge < -0.3 is 24.4 Å². The van der Waals surface area contributed by atoms with Crippen molar-refractivity contribution in [2.24, 2.45) is 0 Å². The fourth-order valence-electron chi connectivity index (χ4n) is 4.19. The Bertz CT molecular complexity index is 654. The summed E-state index contributed by atoms with van der Waals surface area (Å²) in [5.74, 6) is 1.46. The maximum absolute atomic E-state index is 12.7. The van der Waals surface area contributed by atoms with Gasteiger partial charge in [-0.05, 0) is 12.1 Å². The van der Waals surface area contributed by atoms with E-state index in [4.69, 9.17) is 9.47 Å². The first-order valence-corrected chi connectivity index (χ1v) is 7.75. The van der Waals surface area contributed by atoms with Crippen LogP contribution in [0.5, 0.6) is 11.5 Å². The third-order valence-corrected chi connectivity index (χ3v) is 5.30. The minimum absolute atomic E-state index is 0.129. The summed E-state index contributed by atoms with van der Waals surface area (Å²) in [6.45, 7) is 0.983. The minimum atomic E-state index is -0.490. The van der Waals surface area contributed by atoms with Crippen molar-refractivity contribution in [3.63, 3.8) is 0 Å². The van der Waals surface area contributed by atoms with Gasteiger partial charge in [0.25, 0.3) is 0 Å². The topological polar surface area (TPSA) is 61.8 Å². The highest BCUT2D eigenvalue weighted by molar-refractivity contribution is 5.60. The highest BCUT2D eigenvalue weighted by Crippen LogP contribution is 2.56. The number of hydrogen-bond acceptors (Lipinski definition) is 4. The molecule has 5 heteroatoms. The number of rotatable bonds is 1. The van der Waals surface area contributed by atoms with Gasteiger partial charge in [0.1, 0.15) is 12.6 Å². The van der Waals surface area contributed by atoms with Crippen LogP contribution in [-0.2, 0) is 12.0 Å². The summed E-state index contributed by atoms with van der Waals surface area (Å²) in [6.07, 6.45) is 4.57. The fourth-order valence-corrected chi connectivity index (χ4v) is 4.19. The lowest BCUT2D eigenvalue weighted by Gasteiger charge is -2.40. The largest absolute Gasteiger partial charge is 0.633 e. The van der Waals surface area contributed by atoms with E-state index in [2.05, 4.69) is 6.08 Å². The van der Waals surface area contributed by atoms with Gasteiger partial charge in [0.2, 0.25) is 0 Å². The molecule has 5 nitrogen and oxygen atoms in total. The Morgan fingerprint density at radius 1 is 1.45 bits per heavy atom. The number of nitrogens with zero attached hydrogens (tertiary/aromatic N) is 1. The zero-order valence-electron chi connectivity index (χ0n) is 12.9. The lowest BCUT2D eigenvalue weighted by Crippen LogP contribution is -2.44. The van der Waals surface area contributed by atoms with E-state index in [9.17, 15) is 10.3 Å². The molecule has 1 aliphatic carbocycles. The Morgan fingerprint density at radius 3 is 3.05 bits per heavy atom. The Kier molecular flexibility index (Phi) is 2.86. The summed E-state index contributed by atoms with van der Waals surface area (Å²) in [5.41, 5.74) is 1.82. The molecule has 3 unspecified atom stereocenters. The van der Waals surface area contributed by atoms with Crippen molar-refractivity contribution in [3.8, 4) is 11.5 Å². The van der Waals surface area contributed by atoms with Crippen LogP contribution in [-0.4, -0.2) is 42.7 Å². The van der Waals surface area contributed by atoms with Crippen molar-refractivity contribution in [3.05, 3.63) is 40.6 Å². The average Bonchev–Trinajstić information content (AvgIpc) is 2.74. The summed E-state index contributed by atoms with van der Waals surface area (Å²) >= 11 is 0. The molecule has 0 amide bonds. The Balaban J connectivity index is 1.96. The molecular weight excluding hydrogens is 282 g/mol. The number of methoxy groups -OCH3 is 1. The fraction of sp³-hybridized carbons (Fsp3) is 0.529. The third kappa shape index (κ3) is 1.82. The standard InChI is InChI=1S/C17H21NO4/c1-18(20)8-7-17-6-5-12(19)9-14(17)22-16-13(21-2)4-3-11(10-18)15(16)17/h3-6,12,14,19H,7-10H2,1-2H3/t12?,14?,17-,18?/m0/s1. The van der Waals surface area contributed by atoms with Crippen LogP contribution in [0, 0.1) is 5.21 Å². The van der Waals surface area contributed by atoms with Gasteiger partial charge in [-0.3, -0.25) is 0 Å². The molecule has 0 radical (unpaired) electrons. The quantitative estimate of drug-likeness (QED) is 0.489. The Morgan fingerprint density at radius 2 is 2.27 bits per heavy atom. The SMILES string of the molecule is COc1ccc2c3c1OC1CC(O)C=C[C@@]31CC[N+](C)([O-])C2. The van der Waals surface area contributed by atoms with Crippen molar-refractivity contribution in [1.82, 2.24) is 0 Å². The highest BCUT2D eigenvalue weighted by atomic mass is 16.5. The number of aliphatic hydroxyl groups is 1. The van der Waals surface area contributed by atoms with Crippen LogP contribution < -0.4 is 9.47 Å². The molecule has 0 saturated heterocycles. The summed E-state index contributed by atoms with van der Waals surface area (Å²) in [6, 6.07) is 3.87. The number of aliphatic hydroxyl groups excluding tert-OH is 1. The van der Waals surface area contributed by atoms with E-state index in [1.165, 1.54) is 0 Å². The Labute approximate surface area is 129 Å². The molecule has 118 valence electrons. The van der Waals surface area contributed by atoms with Gasteiger partial charge in [-0.1, -0.05) is 12.2 Å². The zero-order chi connectivity index (χ0) is 15.5. The maximum atomic E-state index is 12.7. The molecule has 0 saturated carbocycles. The number of ether oxygens (including phenoxy) is 2. The van der Waals surface area contributed by atoms with Crippen LogP contribution in [0.3, 0.4) is 0 Å². The van der Waals surface area contributed by atoms with Gasteiger partial charge in [-0.25, -0.2) is 0 Å². The summed E-state index contributed by atoms with van der Waals surface area (Å²) in [4.78, 5) is 0. The molecule has 3 aliphatic rings. The lowest BCUT2D eigenvalue weighted by molar-refractivity contribution is -0.874. The van der Waals surface area contributed by atoms with Crippen molar-refractivity contribution >= 4 is 0 Å². The first kappa shape index (κ1) is 14.1. The molecule has 1 aromatic rings. The molecule has 4 atom stereocenters. The second-order valence-corrected chi connectivity index (χ2v) is 6.87.